The van der Waals surface area contributed by atoms with Crippen LogP contribution in [-0.4, -0.2) is 17.8 Å². The molecule has 0 saturated heterocycles. The highest BCUT2D eigenvalue weighted by Crippen LogP contribution is 2.09. The number of rotatable bonds is 4. The number of carbonyl (C=O) groups excluding carboxylic acids is 2. The number of halogens is 1. The molecule has 0 fully saturated rings. The van der Waals surface area contributed by atoms with Crippen molar-refractivity contribution in [1.29, 1.82) is 0 Å². The van der Waals surface area contributed by atoms with Crippen molar-refractivity contribution < 1.29 is 9.59 Å². The summed E-state index contributed by atoms with van der Waals surface area (Å²) in [5, 5.41) is 4.70. The Morgan fingerprint density at radius 1 is 1.29 bits per heavy atom. The van der Waals surface area contributed by atoms with Gasteiger partial charge in [-0.3, -0.25) is 10.1 Å². The second-order valence-corrected chi connectivity index (χ2v) is 3.65. The third kappa shape index (κ3) is 4.70. The Labute approximate surface area is 105 Å². The molecule has 1 rings (SSSR count). The van der Waals surface area contributed by atoms with E-state index in [1.165, 1.54) is 0 Å². The van der Waals surface area contributed by atoms with Crippen LogP contribution in [0.15, 0.2) is 30.8 Å². The van der Waals surface area contributed by atoms with Crippen LogP contribution in [0.5, 0.6) is 0 Å². The zero-order valence-electron chi connectivity index (χ0n) is 9.20. The van der Waals surface area contributed by atoms with E-state index in [0.29, 0.717) is 5.69 Å². The molecule has 2 N–H and O–H groups in total. The molecule has 0 aliphatic carbocycles. The lowest BCUT2D eigenvalue weighted by molar-refractivity contribution is -0.119. The maximum absolute atomic E-state index is 11.3. The molecule has 0 saturated carbocycles. The van der Waals surface area contributed by atoms with Gasteiger partial charge in [-0.2, -0.15) is 0 Å². The molecular weight excluding hydrogens is 240 g/mol. The Morgan fingerprint density at radius 2 is 1.94 bits per heavy atom. The van der Waals surface area contributed by atoms with Gasteiger partial charge in [-0.1, -0.05) is 24.8 Å². The number of hydrogen-bond acceptors (Lipinski definition) is 2. The summed E-state index contributed by atoms with van der Waals surface area (Å²) >= 11 is 5.37. The van der Waals surface area contributed by atoms with Gasteiger partial charge in [-0.15, -0.1) is 11.6 Å². The van der Waals surface area contributed by atoms with E-state index in [2.05, 4.69) is 17.2 Å². The molecule has 0 aliphatic heterocycles. The molecular formula is C12H13ClN2O2. The minimum absolute atomic E-state index is 0.115. The van der Waals surface area contributed by atoms with Crippen LogP contribution in [0.2, 0.25) is 0 Å². The maximum atomic E-state index is 11.3. The van der Waals surface area contributed by atoms with Crippen LogP contribution >= 0.6 is 11.6 Å². The molecule has 17 heavy (non-hydrogen) atoms. The first-order valence-corrected chi connectivity index (χ1v) is 5.58. The van der Waals surface area contributed by atoms with Crippen molar-refractivity contribution in [2.75, 3.05) is 11.2 Å². The van der Waals surface area contributed by atoms with Crippen molar-refractivity contribution in [3.8, 4) is 0 Å². The minimum atomic E-state index is -0.563. The third-order valence-corrected chi connectivity index (χ3v) is 2.17. The van der Waals surface area contributed by atoms with Crippen LogP contribution in [0.1, 0.15) is 12.0 Å². The zero-order valence-corrected chi connectivity index (χ0v) is 9.96. The molecule has 0 heterocycles. The van der Waals surface area contributed by atoms with E-state index in [1.807, 2.05) is 12.1 Å². The van der Waals surface area contributed by atoms with E-state index in [1.54, 1.807) is 18.2 Å². The summed E-state index contributed by atoms with van der Waals surface area (Å²) in [4.78, 5) is 22.4. The fraction of sp³-hybridized carbons (Fsp3) is 0.167. The molecule has 1 aromatic rings. The molecule has 0 spiro atoms. The topological polar surface area (TPSA) is 58.2 Å². The molecule has 0 bridgehead atoms. The second-order valence-electron chi connectivity index (χ2n) is 3.27. The summed E-state index contributed by atoms with van der Waals surface area (Å²) in [5.41, 5.74) is 1.56. The van der Waals surface area contributed by atoms with Crippen LogP contribution in [0.4, 0.5) is 10.5 Å². The highest BCUT2D eigenvalue weighted by atomic mass is 35.5. The fourth-order valence-corrected chi connectivity index (χ4v) is 1.31. The molecule has 90 valence electrons. The average molecular weight is 253 g/mol. The van der Waals surface area contributed by atoms with Crippen LogP contribution < -0.4 is 10.6 Å². The summed E-state index contributed by atoms with van der Waals surface area (Å²) in [6, 6.07) is 6.50. The van der Waals surface area contributed by atoms with Gasteiger partial charge in [-0.05, 0) is 17.7 Å². The van der Waals surface area contributed by atoms with Gasteiger partial charge in [0, 0.05) is 18.0 Å². The Morgan fingerprint density at radius 3 is 2.47 bits per heavy atom. The molecule has 0 aliphatic rings. The highest BCUT2D eigenvalue weighted by Gasteiger charge is 2.06. The number of hydrogen-bond donors (Lipinski definition) is 2. The zero-order chi connectivity index (χ0) is 12.7. The van der Waals surface area contributed by atoms with Crippen molar-refractivity contribution in [1.82, 2.24) is 5.32 Å². The number of imide groups is 1. The lowest BCUT2D eigenvalue weighted by Gasteiger charge is -2.06. The first-order chi connectivity index (χ1) is 8.15. The van der Waals surface area contributed by atoms with E-state index in [9.17, 15) is 9.59 Å². The van der Waals surface area contributed by atoms with Gasteiger partial charge in [0.2, 0.25) is 5.91 Å². The van der Waals surface area contributed by atoms with Crippen molar-refractivity contribution in [2.24, 2.45) is 0 Å². The predicted molar refractivity (Wildman–Crippen MR) is 69.0 cm³/mol. The van der Waals surface area contributed by atoms with Gasteiger partial charge < -0.3 is 5.32 Å². The van der Waals surface area contributed by atoms with Gasteiger partial charge in [-0.25, -0.2) is 4.79 Å². The summed E-state index contributed by atoms with van der Waals surface area (Å²) in [5.74, 6) is -0.215. The van der Waals surface area contributed by atoms with Gasteiger partial charge in [0.1, 0.15) is 0 Å². The van der Waals surface area contributed by atoms with Gasteiger partial charge >= 0.3 is 6.03 Å². The van der Waals surface area contributed by atoms with Crippen LogP contribution in [0.3, 0.4) is 0 Å². The second kappa shape index (κ2) is 6.70. The maximum Gasteiger partial charge on any atom is 0.325 e. The van der Waals surface area contributed by atoms with Crippen molar-refractivity contribution >= 4 is 35.3 Å². The number of urea groups is 1. The monoisotopic (exact) mass is 252 g/mol. The van der Waals surface area contributed by atoms with E-state index < -0.39 is 11.9 Å². The molecule has 0 atom stereocenters. The summed E-state index contributed by atoms with van der Waals surface area (Å²) in [6.07, 6.45) is 1.82. The molecule has 3 amide bonds. The Balaban J connectivity index is 2.50. The van der Waals surface area contributed by atoms with Gasteiger partial charge in [0.05, 0.1) is 0 Å². The fourth-order valence-electron chi connectivity index (χ4n) is 1.14. The summed E-state index contributed by atoms with van der Waals surface area (Å²) < 4.78 is 0. The lowest BCUT2D eigenvalue weighted by atomic mass is 10.2. The van der Waals surface area contributed by atoms with Crippen molar-refractivity contribution in [3.63, 3.8) is 0 Å². The standard InChI is InChI=1S/C12H13ClN2O2/c1-2-9-3-5-10(6-4-9)14-12(17)15-11(16)7-8-13/h2-6H,1,7-8H2,(H2,14,15,16,17). The molecule has 0 radical (unpaired) electrons. The lowest BCUT2D eigenvalue weighted by Crippen LogP contribution is -2.34. The molecule has 4 nitrogen and oxygen atoms in total. The molecule has 0 unspecified atom stereocenters. The predicted octanol–water partition coefficient (Wildman–Crippen LogP) is 2.61. The number of alkyl halides is 1. The Kier molecular flexibility index (Phi) is 5.23. The van der Waals surface area contributed by atoms with Crippen molar-refractivity contribution in [2.45, 2.75) is 6.42 Å². The smallest absolute Gasteiger partial charge is 0.308 e. The first kappa shape index (κ1) is 13.3. The third-order valence-electron chi connectivity index (χ3n) is 1.98. The number of benzene rings is 1. The highest BCUT2D eigenvalue weighted by molar-refractivity contribution is 6.19. The number of amides is 3. The number of nitrogens with one attached hydrogen (secondary N) is 2. The Bertz CT molecular complexity index is 415. The molecule has 5 heteroatoms. The Hall–Kier alpha value is -1.81. The SMILES string of the molecule is C=Cc1ccc(NC(=O)NC(=O)CCCl)cc1. The quantitative estimate of drug-likeness (QED) is 0.810. The minimum Gasteiger partial charge on any atom is -0.308 e. The number of carbonyl (C=O) groups is 2. The van der Waals surface area contributed by atoms with Crippen LogP contribution in [-0.2, 0) is 4.79 Å². The van der Waals surface area contributed by atoms with Crippen molar-refractivity contribution in [3.05, 3.63) is 36.4 Å². The van der Waals surface area contributed by atoms with E-state index in [4.69, 9.17) is 11.6 Å². The molecule has 1 aromatic carbocycles. The largest absolute Gasteiger partial charge is 0.325 e. The first-order valence-electron chi connectivity index (χ1n) is 5.05. The molecule has 0 aromatic heterocycles. The van der Waals surface area contributed by atoms with E-state index >= 15 is 0 Å². The summed E-state index contributed by atoms with van der Waals surface area (Å²) in [7, 11) is 0. The average Bonchev–Trinajstić information content (AvgIpc) is 2.30. The number of anilines is 1. The normalized spacial score (nSPS) is 9.47. The van der Waals surface area contributed by atoms with E-state index in [0.717, 1.165) is 5.56 Å². The summed E-state index contributed by atoms with van der Waals surface area (Å²) in [6.45, 7) is 3.62. The van der Waals surface area contributed by atoms with Crippen LogP contribution in [0.25, 0.3) is 6.08 Å². The van der Waals surface area contributed by atoms with Gasteiger partial charge in [0.15, 0.2) is 0 Å². The van der Waals surface area contributed by atoms with Gasteiger partial charge in [0.25, 0.3) is 0 Å². The van der Waals surface area contributed by atoms with E-state index in [-0.39, 0.29) is 12.3 Å². The van der Waals surface area contributed by atoms with Crippen LogP contribution in [0, 0.1) is 0 Å².